The van der Waals surface area contributed by atoms with Crippen LogP contribution in [0, 0.1) is 11.8 Å². The van der Waals surface area contributed by atoms with Gasteiger partial charge in [-0.25, -0.2) is 4.90 Å². The van der Waals surface area contributed by atoms with Gasteiger partial charge in [0.2, 0.25) is 11.8 Å². The van der Waals surface area contributed by atoms with Gasteiger partial charge in [-0.15, -0.1) is 0 Å². The van der Waals surface area contributed by atoms with Crippen LogP contribution in [0.2, 0.25) is 0 Å². The average Bonchev–Trinajstić information content (AvgIpc) is 3.10. The molecule has 1 saturated heterocycles. The number of para-hydroxylation sites is 2. The summed E-state index contributed by atoms with van der Waals surface area (Å²) in [7, 11) is 1.50. The molecule has 4 aliphatic rings. The monoisotopic (exact) mass is 425 g/mol. The summed E-state index contributed by atoms with van der Waals surface area (Å²) in [5.41, 5.74) is 2.39. The summed E-state index contributed by atoms with van der Waals surface area (Å²) in [4.78, 5) is 40.9. The summed E-state index contributed by atoms with van der Waals surface area (Å²) < 4.78 is 11.3. The molecule has 0 aromatic heterocycles. The van der Waals surface area contributed by atoms with E-state index >= 15 is 0 Å². The van der Waals surface area contributed by atoms with Crippen molar-refractivity contribution in [3.05, 3.63) is 95.1 Å². The molecule has 0 radical (unpaired) electrons. The number of hydrogen-bond donors (Lipinski definition) is 0. The molecular formula is C26H19NO5. The molecule has 2 bridgehead atoms. The van der Waals surface area contributed by atoms with Crippen LogP contribution in [0.25, 0.3) is 0 Å². The number of nitrogens with zero attached hydrogens (tertiary/aromatic N) is 1. The Kier molecular flexibility index (Phi) is 3.84. The van der Waals surface area contributed by atoms with Gasteiger partial charge in [0.15, 0.2) is 5.60 Å². The first-order chi connectivity index (χ1) is 15.6. The van der Waals surface area contributed by atoms with Crippen LogP contribution in [0.4, 0.5) is 5.69 Å². The van der Waals surface area contributed by atoms with Crippen LogP contribution in [-0.4, -0.2) is 25.4 Å². The zero-order valence-electron chi connectivity index (χ0n) is 17.2. The first-order valence-electron chi connectivity index (χ1n) is 10.5. The molecule has 0 N–H and O–H groups in total. The van der Waals surface area contributed by atoms with Gasteiger partial charge in [0.1, 0.15) is 5.75 Å². The van der Waals surface area contributed by atoms with Crippen molar-refractivity contribution >= 4 is 24.0 Å². The summed E-state index contributed by atoms with van der Waals surface area (Å²) in [6.07, 6.45) is 0. The van der Waals surface area contributed by atoms with E-state index in [1.54, 1.807) is 24.3 Å². The topological polar surface area (TPSA) is 72.9 Å². The van der Waals surface area contributed by atoms with Crippen molar-refractivity contribution in [2.24, 2.45) is 11.8 Å². The number of hydrogen-bond acceptors (Lipinski definition) is 5. The Hall–Kier alpha value is -3.93. The van der Waals surface area contributed by atoms with Crippen LogP contribution in [-0.2, 0) is 24.7 Å². The predicted octanol–water partition coefficient (Wildman–Crippen LogP) is 3.38. The fourth-order valence-corrected chi connectivity index (χ4v) is 6.03. The highest BCUT2D eigenvalue weighted by Gasteiger charge is 2.70. The Balaban J connectivity index is 1.65. The molecule has 3 aliphatic carbocycles. The van der Waals surface area contributed by atoms with Crippen molar-refractivity contribution in [2.45, 2.75) is 11.5 Å². The highest BCUT2D eigenvalue weighted by atomic mass is 16.5. The van der Waals surface area contributed by atoms with Gasteiger partial charge in [-0.1, -0.05) is 60.7 Å². The highest BCUT2D eigenvalue weighted by Crippen LogP contribution is 2.64. The quantitative estimate of drug-likeness (QED) is 0.473. The third kappa shape index (κ3) is 2.07. The van der Waals surface area contributed by atoms with E-state index < -0.39 is 17.4 Å². The van der Waals surface area contributed by atoms with Crippen LogP contribution >= 0.6 is 0 Å². The van der Waals surface area contributed by atoms with Crippen molar-refractivity contribution in [3.8, 4) is 5.75 Å². The second kappa shape index (κ2) is 6.53. The maximum atomic E-state index is 14.0. The van der Waals surface area contributed by atoms with Gasteiger partial charge in [-0.2, -0.15) is 0 Å². The Bertz CT molecular complexity index is 1250. The van der Waals surface area contributed by atoms with E-state index in [1.807, 2.05) is 48.5 Å². The molecule has 0 saturated carbocycles. The summed E-state index contributed by atoms with van der Waals surface area (Å²) in [6.45, 7) is 0.389. The number of anilines is 1. The molecule has 3 aromatic carbocycles. The molecule has 6 nitrogen and oxygen atoms in total. The third-order valence-electron chi connectivity index (χ3n) is 7.10. The summed E-state index contributed by atoms with van der Waals surface area (Å²) in [6, 6.07) is 22.2. The van der Waals surface area contributed by atoms with Gasteiger partial charge < -0.3 is 9.47 Å². The van der Waals surface area contributed by atoms with Gasteiger partial charge in [0.05, 0.1) is 24.6 Å². The molecule has 2 atom stereocenters. The fraction of sp³-hybridized carbons (Fsp3) is 0.192. The van der Waals surface area contributed by atoms with Crippen LogP contribution in [0.1, 0.15) is 28.2 Å². The summed E-state index contributed by atoms with van der Waals surface area (Å²) >= 11 is 0. The molecule has 2 amide bonds. The maximum absolute atomic E-state index is 14.0. The van der Waals surface area contributed by atoms with E-state index in [-0.39, 0.29) is 17.7 Å². The molecular weight excluding hydrogens is 406 g/mol. The fourth-order valence-electron chi connectivity index (χ4n) is 6.03. The average molecular weight is 425 g/mol. The second-order valence-electron chi connectivity index (χ2n) is 8.29. The van der Waals surface area contributed by atoms with Crippen LogP contribution in [0.3, 0.4) is 0 Å². The molecule has 1 fully saturated rings. The van der Waals surface area contributed by atoms with Crippen LogP contribution in [0.5, 0.6) is 5.75 Å². The van der Waals surface area contributed by atoms with E-state index in [0.29, 0.717) is 17.9 Å². The molecule has 1 heterocycles. The first-order valence-corrected chi connectivity index (χ1v) is 10.5. The van der Waals surface area contributed by atoms with Gasteiger partial charge in [0.25, 0.3) is 6.47 Å². The lowest BCUT2D eigenvalue weighted by Gasteiger charge is -2.52. The van der Waals surface area contributed by atoms with Crippen molar-refractivity contribution in [3.63, 3.8) is 0 Å². The molecule has 1 aliphatic heterocycles. The van der Waals surface area contributed by atoms with Crippen molar-refractivity contribution < 1.29 is 23.9 Å². The summed E-state index contributed by atoms with van der Waals surface area (Å²) in [5.74, 6) is -2.11. The number of carbonyl (C=O) groups excluding carboxylic acids is 3. The van der Waals surface area contributed by atoms with E-state index in [1.165, 1.54) is 12.0 Å². The van der Waals surface area contributed by atoms with Crippen LogP contribution in [0.15, 0.2) is 72.8 Å². The number of methoxy groups -OCH3 is 1. The molecule has 6 heteroatoms. The zero-order chi connectivity index (χ0) is 22.0. The Labute approximate surface area is 184 Å². The molecule has 7 rings (SSSR count). The van der Waals surface area contributed by atoms with Crippen molar-refractivity contribution in [1.29, 1.82) is 0 Å². The lowest BCUT2D eigenvalue weighted by molar-refractivity contribution is -0.156. The Morgan fingerprint density at radius 1 is 0.844 bits per heavy atom. The smallest absolute Gasteiger partial charge is 0.294 e. The molecule has 158 valence electrons. The largest absolute Gasteiger partial charge is 0.495 e. The lowest BCUT2D eigenvalue weighted by Crippen LogP contribution is -2.55. The number of carbonyl (C=O) groups is 3. The first kappa shape index (κ1) is 18.8. The normalized spacial score (nSPS) is 26.9. The SMILES string of the molecule is COc1ccccc1N1C(=O)[C@H]2C3c4ccccc4C(OC=O)(c4ccccc43)[C@H]2C1=O. The third-order valence-corrected chi connectivity index (χ3v) is 7.10. The predicted molar refractivity (Wildman–Crippen MR) is 115 cm³/mol. The van der Waals surface area contributed by atoms with E-state index in [2.05, 4.69) is 0 Å². The minimum absolute atomic E-state index is 0.305. The van der Waals surface area contributed by atoms with Gasteiger partial charge >= 0.3 is 0 Å². The molecule has 32 heavy (non-hydrogen) atoms. The second-order valence-corrected chi connectivity index (χ2v) is 8.29. The summed E-state index contributed by atoms with van der Waals surface area (Å²) in [5, 5.41) is 0. The molecule has 0 unspecified atom stereocenters. The highest BCUT2D eigenvalue weighted by molar-refractivity contribution is 6.24. The van der Waals surface area contributed by atoms with E-state index in [0.717, 1.165) is 22.3 Å². The van der Waals surface area contributed by atoms with E-state index in [4.69, 9.17) is 9.47 Å². The number of benzene rings is 3. The van der Waals surface area contributed by atoms with Crippen molar-refractivity contribution in [2.75, 3.05) is 12.0 Å². The van der Waals surface area contributed by atoms with Gasteiger partial charge in [0, 0.05) is 17.0 Å². The number of imide groups is 1. The Morgan fingerprint density at radius 2 is 1.44 bits per heavy atom. The number of rotatable bonds is 4. The minimum Gasteiger partial charge on any atom is -0.495 e. The van der Waals surface area contributed by atoms with Crippen molar-refractivity contribution in [1.82, 2.24) is 0 Å². The molecule has 3 aromatic rings. The van der Waals surface area contributed by atoms with Gasteiger partial charge in [-0.05, 0) is 23.3 Å². The Morgan fingerprint density at radius 3 is 2.06 bits per heavy atom. The zero-order valence-corrected chi connectivity index (χ0v) is 17.2. The maximum Gasteiger partial charge on any atom is 0.294 e. The number of ether oxygens (including phenoxy) is 2. The van der Waals surface area contributed by atoms with E-state index in [9.17, 15) is 14.4 Å². The van der Waals surface area contributed by atoms with Gasteiger partial charge in [-0.3, -0.25) is 14.4 Å². The lowest BCUT2D eigenvalue weighted by atomic mass is 9.52. The molecule has 0 spiro atoms. The minimum atomic E-state index is -1.36. The number of amides is 2. The standard InChI is InChI=1S/C26H19NO5/c1-31-20-13-7-6-12-19(20)27-24(29)22-21-15-8-2-4-10-17(15)26(32-14-28,23(22)25(27)30)18-11-5-3-9-16(18)21/h2-14,21-23H,1H3/t21?,22-,23+,26?/m0/s1. The van der Waals surface area contributed by atoms with Crippen LogP contribution < -0.4 is 9.64 Å².